The van der Waals surface area contributed by atoms with Crippen LogP contribution in [0, 0.1) is 5.41 Å². The van der Waals surface area contributed by atoms with Gasteiger partial charge >= 0.3 is 0 Å². The Balaban J connectivity index is 1.84. The zero-order valence-electron chi connectivity index (χ0n) is 13.7. The van der Waals surface area contributed by atoms with Crippen molar-refractivity contribution in [2.75, 3.05) is 24.7 Å². The molecule has 0 spiro atoms. The summed E-state index contributed by atoms with van der Waals surface area (Å²) in [7, 11) is 1.59. The van der Waals surface area contributed by atoms with Crippen LogP contribution in [0.4, 0.5) is 17.2 Å². The zero-order valence-corrected chi connectivity index (χ0v) is 14.5. The van der Waals surface area contributed by atoms with Gasteiger partial charge in [0, 0.05) is 35.0 Å². The molecule has 128 valence electrons. The summed E-state index contributed by atoms with van der Waals surface area (Å²) in [5.41, 5.74) is 9.11. The highest BCUT2D eigenvalue weighted by Gasteiger charge is 2.20. The molecule has 2 aromatic heterocycles. The zero-order chi connectivity index (χ0) is 17.4. The Kier molecular flexibility index (Phi) is 3.98. The molecule has 0 unspecified atom stereocenters. The molecule has 7 nitrogen and oxygen atoms in total. The molecular weight excluding hydrogens is 336 g/mol. The third kappa shape index (κ3) is 2.69. The van der Waals surface area contributed by atoms with Crippen molar-refractivity contribution in [3.05, 3.63) is 34.5 Å². The number of benzene rings is 1. The van der Waals surface area contributed by atoms with Crippen LogP contribution in [0.1, 0.15) is 16.0 Å². The molecule has 0 atom stereocenters. The molecule has 0 bridgehead atoms. The molecular formula is C17H18N6OS. The van der Waals surface area contributed by atoms with E-state index in [0.717, 1.165) is 41.2 Å². The van der Waals surface area contributed by atoms with Crippen molar-refractivity contribution >= 4 is 45.0 Å². The molecule has 0 aliphatic carbocycles. The van der Waals surface area contributed by atoms with Gasteiger partial charge in [0.05, 0.1) is 18.2 Å². The monoisotopic (exact) mass is 354 g/mol. The first-order valence-electron chi connectivity index (χ1n) is 7.92. The minimum Gasteiger partial charge on any atom is -0.494 e. The van der Waals surface area contributed by atoms with Crippen molar-refractivity contribution in [3.63, 3.8) is 0 Å². The van der Waals surface area contributed by atoms with Crippen LogP contribution >= 0.6 is 11.3 Å². The van der Waals surface area contributed by atoms with Crippen LogP contribution in [0.5, 0.6) is 5.75 Å². The highest BCUT2D eigenvalue weighted by atomic mass is 32.1. The lowest BCUT2D eigenvalue weighted by Crippen LogP contribution is -2.22. The Hall–Kier alpha value is -2.71. The number of nitrogens with zero attached hydrogens (tertiary/aromatic N) is 2. The van der Waals surface area contributed by atoms with E-state index in [1.165, 1.54) is 16.7 Å². The average Bonchev–Trinajstić information content (AvgIpc) is 3.02. The molecule has 25 heavy (non-hydrogen) atoms. The predicted octanol–water partition coefficient (Wildman–Crippen LogP) is 2.67. The molecule has 0 amide bonds. The molecule has 0 radical (unpaired) electrons. The number of nitrogens with two attached hydrogens (primary N) is 1. The van der Waals surface area contributed by atoms with Gasteiger partial charge in [-0.15, -0.1) is 11.3 Å². The van der Waals surface area contributed by atoms with Crippen molar-refractivity contribution in [1.29, 1.82) is 5.41 Å². The highest BCUT2D eigenvalue weighted by molar-refractivity contribution is 7.19. The number of methoxy groups -OCH3 is 1. The van der Waals surface area contributed by atoms with Gasteiger partial charge in [-0.2, -0.15) is 0 Å². The van der Waals surface area contributed by atoms with E-state index in [0.29, 0.717) is 17.0 Å². The number of nitrogen functional groups attached to an aromatic ring is 1. The standard InChI is InChI=1S/C17H18N6OS/c1-24-13-5-11(19)9(6-18)4-12(13)23-16-15-10-2-3-20-7-14(10)25-17(15)22-8-21-16/h4-6,8,18,20H,2-3,7,19H2,1H3,(H,21,22,23). The third-order valence-electron chi connectivity index (χ3n) is 4.32. The summed E-state index contributed by atoms with van der Waals surface area (Å²) >= 11 is 1.70. The average molecular weight is 354 g/mol. The van der Waals surface area contributed by atoms with E-state index < -0.39 is 0 Å². The summed E-state index contributed by atoms with van der Waals surface area (Å²) in [6.45, 7) is 1.83. The largest absolute Gasteiger partial charge is 0.494 e. The normalized spacial score (nSPS) is 13.5. The number of hydrogen-bond donors (Lipinski definition) is 4. The summed E-state index contributed by atoms with van der Waals surface area (Å²) in [5, 5.41) is 15.3. The number of aromatic nitrogens is 2. The van der Waals surface area contributed by atoms with Crippen molar-refractivity contribution in [3.8, 4) is 5.75 Å². The van der Waals surface area contributed by atoms with Crippen molar-refractivity contribution < 1.29 is 4.74 Å². The maximum atomic E-state index is 7.51. The van der Waals surface area contributed by atoms with Gasteiger partial charge in [0.25, 0.3) is 0 Å². The quantitative estimate of drug-likeness (QED) is 0.424. The fraction of sp³-hybridized carbons (Fsp3) is 0.235. The second-order valence-corrected chi connectivity index (χ2v) is 6.87. The van der Waals surface area contributed by atoms with E-state index in [1.54, 1.807) is 36.9 Å². The molecule has 4 rings (SSSR count). The summed E-state index contributed by atoms with van der Waals surface area (Å²) in [4.78, 5) is 11.2. The number of ether oxygens (including phenoxy) is 1. The van der Waals surface area contributed by atoms with Crippen LogP contribution in [-0.4, -0.2) is 29.8 Å². The summed E-state index contributed by atoms with van der Waals surface area (Å²) in [5.74, 6) is 1.36. The fourth-order valence-corrected chi connectivity index (χ4v) is 4.24. The first kappa shape index (κ1) is 15.8. The minimum absolute atomic E-state index is 0.504. The molecule has 0 saturated heterocycles. The summed E-state index contributed by atoms with van der Waals surface area (Å²) < 4.78 is 5.44. The highest BCUT2D eigenvalue weighted by Crippen LogP contribution is 2.38. The SMILES string of the molecule is COc1cc(N)c(C=N)cc1Nc1ncnc2sc3c(c12)CCNC3. The third-order valence-corrected chi connectivity index (χ3v) is 5.46. The molecule has 8 heteroatoms. The van der Waals surface area contributed by atoms with E-state index in [9.17, 15) is 0 Å². The number of fused-ring (bicyclic) bond motifs is 3. The molecule has 3 aromatic rings. The number of nitrogens with one attached hydrogen (secondary N) is 3. The van der Waals surface area contributed by atoms with Gasteiger partial charge in [0.15, 0.2) is 0 Å². The fourth-order valence-electron chi connectivity index (χ4n) is 3.09. The second kappa shape index (κ2) is 6.30. The lowest BCUT2D eigenvalue weighted by atomic mass is 10.1. The van der Waals surface area contributed by atoms with Crippen molar-refractivity contribution in [1.82, 2.24) is 15.3 Å². The Labute approximate surface area is 148 Å². The van der Waals surface area contributed by atoms with E-state index in [2.05, 4.69) is 20.6 Å². The second-order valence-electron chi connectivity index (χ2n) is 5.78. The van der Waals surface area contributed by atoms with Gasteiger partial charge < -0.3 is 26.5 Å². The number of anilines is 3. The Morgan fingerprint density at radius 3 is 3.08 bits per heavy atom. The smallest absolute Gasteiger partial charge is 0.144 e. The number of hydrogen-bond acceptors (Lipinski definition) is 8. The van der Waals surface area contributed by atoms with Crippen LogP contribution in [0.25, 0.3) is 10.2 Å². The van der Waals surface area contributed by atoms with E-state index in [1.807, 2.05) is 0 Å². The van der Waals surface area contributed by atoms with Gasteiger partial charge in [-0.05, 0) is 24.6 Å². The Morgan fingerprint density at radius 2 is 2.28 bits per heavy atom. The number of thiophene rings is 1. The predicted molar refractivity (Wildman–Crippen MR) is 101 cm³/mol. The Morgan fingerprint density at radius 1 is 1.40 bits per heavy atom. The molecule has 0 fully saturated rings. The van der Waals surface area contributed by atoms with Gasteiger partial charge in [-0.25, -0.2) is 9.97 Å². The van der Waals surface area contributed by atoms with Gasteiger partial charge in [0.1, 0.15) is 22.7 Å². The number of rotatable bonds is 4. The molecule has 5 N–H and O–H groups in total. The van der Waals surface area contributed by atoms with Gasteiger partial charge in [-0.1, -0.05) is 0 Å². The minimum atomic E-state index is 0.504. The van der Waals surface area contributed by atoms with Crippen molar-refractivity contribution in [2.24, 2.45) is 0 Å². The Bertz CT molecular complexity index is 967. The maximum absolute atomic E-state index is 7.51. The van der Waals surface area contributed by atoms with Crippen LogP contribution in [-0.2, 0) is 13.0 Å². The van der Waals surface area contributed by atoms with Gasteiger partial charge in [0.2, 0.25) is 0 Å². The topological polar surface area (TPSA) is 109 Å². The van der Waals surface area contributed by atoms with E-state index >= 15 is 0 Å². The lowest BCUT2D eigenvalue weighted by molar-refractivity contribution is 0.417. The van der Waals surface area contributed by atoms with Crippen molar-refractivity contribution in [2.45, 2.75) is 13.0 Å². The summed E-state index contributed by atoms with van der Waals surface area (Å²) in [6.07, 6.45) is 3.76. The van der Waals surface area contributed by atoms with Crippen LogP contribution < -0.4 is 21.1 Å². The van der Waals surface area contributed by atoms with Crippen LogP contribution in [0.3, 0.4) is 0 Å². The lowest BCUT2D eigenvalue weighted by Gasteiger charge is -2.15. The molecule has 0 saturated carbocycles. The van der Waals surface area contributed by atoms with Crippen LogP contribution in [0.15, 0.2) is 18.5 Å². The molecule has 1 aliphatic rings. The van der Waals surface area contributed by atoms with E-state index in [4.69, 9.17) is 15.9 Å². The summed E-state index contributed by atoms with van der Waals surface area (Å²) in [6, 6.07) is 3.52. The van der Waals surface area contributed by atoms with E-state index in [-0.39, 0.29) is 0 Å². The molecule has 1 aliphatic heterocycles. The van der Waals surface area contributed by atoms with Gasteiger partial charge in [-0.3, -0.25) is 0 Å². The maximum Gasteiger partial charge on any atom is 0.144 e. The molecule has 3 heterocycles. The first-order chi connectivity index (χ1) is 12.2. The first-order valence-corrected chi connectivity index (χ1v) is 8.74. The molecule has 1 aromatic carbocycles. The van der Waals surface area contributed by atoms with Crippen LogP contribution in [0.2, 0.25) is 0 Å².